The summed E-state index contributed by atoms with van der Waals surface area (Å²) in [5.41, 5.74) is 7.36. The third kappa shape index (κ3) is 3.95. The number of likely N-dealkylation sites (tertiary alicyclic amines) is 1. The van der Waals surface area contributed by atoms with Gasteiger partial charge in [-0.3, -0.25) is 4.79 Å². The lowest BCUT2D eigenvalue weighted by Crippen LogP contribution is -2.47. The van der Waals surface area contributed by atoms with Crippen molar-refractivity contribution in [3.63, 3.8) is 0 Å². The zero-order valence-corrected chi connectivity index (χ0v) is 13.0. The summed E-state index contributed by atoms with van der Waals surface area (Å²) in [6.07, 6.45) is 2.25. The standard InChI is InChI=1S/C15H23N3O.ClH/c1-17-9-3-4-14(11-17)18(2)15(19)13-7-5-12(10-16)6-8-13;/h5-8,14H,3-4,9-11,16H2,1-2H3;1H. The third-order valence-corrected chi connectivity index (χ3v) is 3.90. The number of benzene rings is 1. The molecule has 2 N–H and O–H groups in total. The molecule has 20 heavy (non-hydrogen) atoms. The highest BCUT2D eigenvalue weighted by Crippen LogP contribution is 2.16. The average Bonchev–Trinajstić information content (AvgIpc) is 2.46. The molecular formula is C15H24ClN3O. The molecule has 1 unspecified atom stereocenters. The minimum absolute atomic E-state index is 0. The smallest absolute Gasteiger partial charge is 0.253 e. The van der Waals surface area contributed by atoms with Crippen LogP contribution in [-0.2, 0) is 6.54 Å². The Kier molecular flexibility index (Phi) is 6.46. The van der Waals surface area contributed by atoms with E-state index in [4.69, 9.17) is 5.73 Å². The topological polar surface area (TPSA) is 49.6 Å². The van der Waals surface area contributed by atoms with Crippen molar-refractivity contribution in [3.8, 4) is 0 Å². The fourth-order valence-electron chi connectivity index (χ4n) is 2.61. The lowest BCUT2D eigenvalue weighted by molar-refractivity contribution is 0.0644. The molecular weight excluding hydrogens is 274 g/mol. The molecule has 0 saturated carbocycles. The van der Waals surface area contributed by atoms with Crippen molar-refractivity contribution in [2.75, 3.05) is 27.2 Å². The summed E-state index contributed by atoms with van der Waals surface area (Å²) in [5, 5.41) is 0. The Morgan fingerprint density at radius 3 is 2.60 bits per heavy atom. The first-order valence-electron chi connectivity index (χ1n) is 6.86. The number of likely N-dealkylation sites (N-methyl/N-ethyl adjacent to an activating group) is 2. The van der Waals surface area contributed by atoms with Crippen LogP contribution in [0.4, 0.5) is 0 Å². The normalized spacial score (nSPS) is 19.2. The number of nitrogens with two attached hydrogens (primary N) is 1. The molecule has 1 aliphatic heterocycles. The number of nitrogens with zero attached hydrogens (tertiary/aromatic N) is 2. The van der Waals surface area contributed by atoms with Crippen LogP contribution < -0.4 is 5.73 Å². The first kappa shape index (κ1) is 17.0. The van der Waals surface area contributed by atoms with Crippen molar-refractivity contribution >= 4 is 18.3 Å². The Balaban J connectivity index is 0.00000200. The Bertz CT molecular complexity index is 435. The van der Waals surface area contributed by atoms with E-state index in [0.717, 1.165) is 37.1 Å². The highest BCUT2D eigenvalue weighted by molar-refractivity contribution is 5.94. The largest absolute Gasteiger partial charge is 0.337 e. The second-order valence-corrected chi connectivity index (χ2v) is 5.38. The summed E-state index contributed by atoms with van der Waals surface area (Å²) in [6.45, 7) is 2.60. The van der Waals surface area contributed by atoms with Crippen LogP contribution in [0.5, 0.6) is 0 Å². The molecule has 0 spiro atoms. The van der Waals surface area contributed by atoms with Gasteiger partial charge in [0, 0.05) is 31.7 Å². The molecule has 112 valence electrons. The molecule has 1 fully saturated rings. The molecule has 1 aromatic carbocycles. The molecule has 0 radical (unpaired) electrons. The monoisotopic (exact) mass is 297 g/mol. The van der Waals surface area contributed by atoms with Gasteiger partial charge >= 0.3 is 0 Å². The zero-order chi connectivity index (χ0) is 13.8. The predicted octanol–water partition coefficient (Wildman–Crippen LogP) is 1.73. The predicted molar refractivity (Wildman–Crippen MR) is 84.2 cm³/mol. The molecule has 1 amide bonds. The number of halogens is 1. The maximum Gasteiger partial charge on any atom is 0.253 e. The van der Waals surface area contributed by atoms with Gasteiger partial charge in [0.05, 0.1) is 0 Å². The number of carbonyl (C=O) groups excluding carboxylic acids is 1. The van der Waals surface area contributed by atoms with Crippen LogP contribution in [0.3, 0.4) is 0 Å². The summed E-state index contributed by atoms with van der Waals surface area (Å²) in [7, 11) is 4.02. The van der Waals surface area contributed by atoms with Gasteiger partial charge in [-0.25, -0.2) is 0 Å². The Labute approximate surface area is 127 Å². The highest BCUT2D eigenvalue weighted by Gasteiger charge is 2.24. The van der Waals surface area contributed by atoms with Crippen LogP contribution in [0.1, 0.15) is 28.8 Å². The van der Waals surface area contributed by atoms with Gasteiger partial charge in [-0.1, -0.05) is 12.1 Å². The lowest BCUT2D eigenvalue weighted by Gasteiger charge is -2.35. The van der Waals surface area contributed by atoms with E-state index in [2.05, 4.69) is 11.9 Å². The maximum absolute atomic E-state index is 12.4. The molecule has 2 rings (SSSR count). The number of carbonyl (C=O) groups is 1. The van der Waals surface area contributed by atoms with Crippen molar-refractivity contribution in [2.24, 2.45) is 5.73 Å². The molecule has 5 heteroatoms. The SMILES string of the molecule is CN1CCCC(N(C)C(=O)c2ccc(CN)cc2)C1.Cl. The molecule has 1 saturated heterocycles. The van der Waals surface area contributed by atoms with Gasteiger partial charge in [-0.2, -0.15) is 0 Å². The maximum atomic E-state index is 12.4. The van der Waals surface area contributed by atoms with Crippen LogP contribution in [0.2, 0.25) is 0 Å². The van der Waals surface area contributed by atoms with E-state index in [0.29, 0.717) is 12.6 Å². The number of amides is 1. The van der Waals surface area contributed by atoms with E-state index in [1.807, 2.05) is 36.2 Å². The Morgan fingerprint density at radius 2 is 2.05 bits per heavy atom. The van der Waals surface area contributed by atoms with Gasteiger partial charge in [0.25, 0.3) is 5.91 Å². The number of hydrogen-bond donors (Lipinski definition) is 1. The molecule has 0 aliphatic carbocycles. The molecule has 4 nitrogen and oxygen atoms in total. The first-order valence-corrected chi connectivity index (χ1v) is 6.86. The molecule has 1 heterocycles. The van der Waals surface area contributed by atoms with Gasteiger partial charge < -0.3 is 15.5 Å². The van der Waals surface area contributed by atoms with Crippen LogP contribution in [-0.4, -0.2) is 48.9 Å². The van der Waals surface area contributed by atoms with Crippen molar-refractivity contribution < 1.29 is 4.79 Å². The van der Waals surface area contributed by atoms with Gasteiger partial charge in [0.2, 0.25) is 0 Å². The second kappa shape index (κ2) is 7.62. The molecule has 0 aromatic heterocycles. The summed E-state index contributed by atoms with van der Waals surface area (Å²) in [6, 6.07) is 7.91. The number of rotatable bonds is 3. The molecule has 0 bridgehead atoms. The summed E-state index contributed by atoms with van der Waals surface area (Å²) >= 11 is 0. The van der Waals surface area contributed by atoms with E-state index < -0.39 is 0 Å². The molecule has 1 aliphatic rings. The number of hydrogen-bond acceptors (Lipinski definition) is 3. The van der Waals surface area contributed by atoms with Gasteiger partial charge in [0.1, 0.15) is 0 Å². The van der Waals surface area contributed by atoms with E-state index in [1.165, 1.54) is 0 Å². The Hall–Kier alpha value is -1.10. The quantitative estimate of drug-likeness (QED) is 0.924. The summed E-state index contributed by atoms with van der Waals surface area (Å²) in [4.78, 5) is 16.6. The summed E-state index contributed by atoms with van der Waals surface area (Å²) < 4.78 is 0. The van der Waals surface area contributed by atoms with Crippen LogP contribution in [0.25, 0.3) is 0 Å². The van der Waals surface area contributed by atoms with Crippen LogP contribution in [0, 0.1) is 0 Å². The van der Waals surface area contributed by atoms with Crippen molar-refractivity contribution in [3.05, 3.63) is 35.4 Å². The molecule has 1 aromatic rings. The number of piperidine rings is 1. The average molecular weight is 298 g/mol. The second-order valence-electron chi connectivity index (χ2n) is 5.38. The van der Waals surface area contributed by atoms with Crippen LogP contribution in [0.15, 0.2) is 24.3 Å². The van der Waals surface area contributed by atoms with Gasteiger partial charge in [0.15, 0.2) is 0 Å². The lowest BCUT2D eigenvalue weighted by atomic mass is 10.0. The fourth-order valence-corrected chi connectivity index (χ4v) is 2.61. The van der Waals surface area contributed by atoms with Crippen molar-refractivity contribution in [2.45, 2.75) is 25.4 Å². The first-order chi connectivity index (χ1) is 9.11. The van der Waals surface area contributed by atoms with Gasteiger partial charge in [-0.15, -0.1) is 12.4 Å². The van der Waals surface area contributed by atoms with Gasteiger partial charge in [-0.05, 0) is 44.1 Å². The minimum atomic E-state index is 0. The van der Waals surface area contributed by atoms with Crippen molar-refractivity contribution in [1.82, 2.24) is 9.80 Å². The molecule has 1 atom stereocenters. The minimum Gasteiger partial charge on any atom is -0.337 e. The third-order valence-electron chi connectivity index (χ3n) is 3.90. The summed E-state index contributed by atoms with van der Waals surface area (Å²) in [5.74, 6) is 0.101. The van der Waals surface area contributed by atoms with E-state index in [1.54, 1.807) is 0 Å². The van der Waals surface area contributed by atoms with E-state index >= 15 is 0 Å². The zero-order valence-electron chi connectivity index (χ0n) is 12.2. The van der Waals surface area contributed by atoms with Crippen molar-refractivity contribution in [1.29, 1.82) is 0 Å². The van der Waals surface area contributed by atoms with E-state index in [9.17, 15) is 4.79 Å². The highest BCUT2D eigenvalue weighted by atomic mass is 35.5. The fraction of sp³-hybridized carbons (Fsp3) is 0.533. The van der Waals surface area contributed by atoms with E-state index in [-0.39, 0.29) is 18.3 Å². The Morgan fingerprint density at radius 1 is 1.40 bits per heavy atom. The van der Waals surface area contributed by atoms with Crippen LogP contribution >= 0.6 is 12.4 Å².